The van der Waals surface area contributed by atoms with Gasteiger partial charge in [-0.3, -0.25) is 9.59 Å². The number of carbonyl (C=O) groups excluding carboxylic acids is 2. The van der Waals surface area contributed by atoms with Gasteiger partial charge in [-0.05, 0) is 49.9 Å². The number of hydrogen-bond acceptors (Lipinski definition) is 4. The fourth-order valence-electron chi connectivity index (χ4n) is 3.32. The van der Waals surface area contributed by atoms with Crippen LogP contribution in [0.15, 0.2) is 24.3 Å². The molecule has 1 aromatic rings. The van der Waals surface area contributed by atoms with Crippen LogP contribution in [-0.2, 0) is 16.1 Å². The monoisotopic (exact) mass is 381 g/mol. The van der Waals surface area contributed by atoms with E-state index >= 15 is 0 Å². The van der Waals surface area contributed by atoms with Crippen molar-refractivity contribution in [2.45, 2.75) is 50.8 Å². The van der Waals surface area contributed by atoms with Gasteiger partial charge >= 0.3 is 0 Å². The maximum Gasteiger partial charge on any atom is 0.251 e. The smallest absolute Gasteiger partial charge is 0.251 e. The third kappa shape index (κ3) is 5.97. The summed E-state index contributed by atoms with van der Waals surface area (Å²) in [6.45, 7) is 2.67. The highest BCUT2D eigenvalue weighted by Crippen LogP contribution is 2.12. The van der Waals surface area contributed by atoms with Gasteiger partial charge in [-0.15, -0.1) is 12.4 Å². The van der Waals surface area contributed by atoms with Gasteiger partial charge in [0.05, 0.1) is 12.1 Å². The molecule has 0 bridgehead atoms. The summed E-state index contributed by atoms with van der Waals surface area (Å²) in [6, 6.07) is 7.30. The van der Waals surface area contributed by atoms with Crippen LogP contribution in [0.3, 0.4) is 0 Å². The van der Waals surface area contributed by atoms with Crippen molar-refractivity contribution in [1.29, 1.82) is 0 Å². The first-order valence-electron chi connectivity index (χ1n) is 9.22. The van der Waals surface area contributed by atoms with E-state index in [2.05, 4.69) is 16.0 Å². The maximum atomic E-state index is 12.3. The minimum Gasteiger partial charge on any atom is -0.376 e. The number of amides is 2. The molecule has 0 aromatic heterocycles. The third-order valence-electron chi connectivity index (χ3n) is 4.80. The van der Waals surface area contributed by atoms with Crippen LogP contribution in [0.5, 0.6) is 0 Å². The van der Waals surface area contributed by atoms with Crippen molar-refractivity contribution < 1.29 is 14.3 Å². The van der Waals surface area contributed by atoms with Gasteiger partial charge in [-0.25, -0.2) is 0 Å². The molecule has 2 heterocycles. The van der Waals surface area contributed by atoms with Crippen LogP contribution in [0.2, 0.25) is 0 Å². The van der Waals surface area contributed by atoms with Crippen LogP contribution in [0, 0.1) is 0 Å². The lowest BCUT2D eigenvalue weighted by atomic mass is 10.0. The van der Waals surface area contributed by atoms with E-state index in [9.17, 15) is 9.59 Å². The molecule has 2 aliphatic heterocycles. The van der Waals surface area contributed by atoms with E-state index in [1.54, 1.807) is 6.07 Å². The van der Waals surface area contributed by atoms with E-state index in [0.29, 0.717) is 18.7 Å². The van der Waals surface area contributed by atoms with Crippen molar-refractivity contribution in [1.82, 2.24) is 16.0 Å². The predicted octanol–water partition coefficient (Wildman–Crippen LogP) is 1.78. The first-order valence-corrected chi connectivity index (χ1v) is 9.22. The summed E-state index contributed by atoms with van der Waals surface area (Å²) in [5.74, 6) is -0.0643. The van der Waals surface area contributed by atoms with E-state index in [0.717, 1.165) is 50.8 Å². The molecule has 26 heavy (non-hydrogen) atoms. The van der Waals surface area contributed by atoms with Gasteiger partial charge in [0, 0.05) is 25.3 Å². The molecule has 144 valence electrons. The molecule has 3 rings (SSSR count). The molecule has 2 unspecified atom stereocenters. The molecular formula is C19H28ClN3O3. The van der Waals surface area contributed by atoms with E-state index in [1.165, 1.54) is 0 Å². The van der Waals surface area contributed by atoms with Gasteiger partial charge in [0.25, 0.3) is 5.91 Å². The average molecular weight is 382 g/mol. The Labute approximate surface area is 160 Å². The Balaban J connectivity index is 0.00000243. The topological polar surface area (TPSA) is 79.5 Å². The number of hydrogen-bond donors (Lipinski definition) is 3. The van der Waals surface area contributed by atoms with Gasteiger partial charge < -0.3 is 20.7 Å². The Hall–Kier alpha value is -1.63. The highest BCUT2D eigenvalue weighted by atomic mass is 35.5. The first-order chi connectivity index (χ1) is 12.2. The summed E-state index contributed by atoms with van der Waals surface area (Å²) in [5, 5.41) is 9.12. The average Bonchev–Trinajstić information content (AvgIpc) is 3.19. The summed E-state index contributed by atoms with van der Waals surface area (Å²) < 4.78 is 5.52. The molecule has 0 spiro atoms. The van der Waals surface area contributed by atoms with E-state index in [1.807, 2.05) is 18.2 Å². The number of nitrogens with one attached hydrogen (secondary N) is 3. The number of piperidine rings is 1. The molecule has 2 aliphatic rings. The standard InChI is InChI=1S/C19H27N3O3.ClH/c23-18(22-13-16-7-4-10-25-16)15-6-3-5-14(11-15)12-21-19(24)17-8-1-2-9-20-17;/h3,5-6,11,16-17,20H,1-2,4,7-10,12-13H2,(H,21,24)(H,22,23);1H. The fourth-order valence-corrected chi connectivity index (χ4v) is 3.32. The zero-order valence-corrected chi connectivity index (χ0v) is 15.8. The van der Waals surface area contributed by atoms with Crippen molar-refractivity contribution in [3.05, 3.63) is 35.4 Å². The number of rotatable bonds is 6. The second kappa shape index (κ2) is 10.5. The molecule has 2 saturated heterocycles. The first kappa shape index (κ1) is 20.7. The SMILES string of the molecule is Cl.O=C(NCC1CCCO1)c1cccc(CNC(=O)C2CCCCN2)c1. The zero-order valence-electron chi connectivity index (χ0n) is 15.0. The Morgan fingerprint density at radius 2 is 2.04 bits per heavy atom. The van der Waals surface area contributed by atoms with E-state index in [-0.39, 0.29) is 36.4 Å². The lowest BCUT2D eigenvalue weighted by molar-refractivity contribution is -0.123. The second-order valence-corrected chi connectivity index (χ2v) is 6.77. The van der Waals surface area contributed by atoms with E-state index < -0.39 is 0 Å². The summed E-state index contributed by atoms with van der Waals surface area (Å²) >= 11 is 0. The van der Waals surface area contributed by atoms with Crippen LogP contribution in [0.4, 0.5) is 0 Å². The molecular weight excluding hydrogens is 354 g/mol. The van der Waals surface area contributed by atoms with Gasteiger partial charge in [-0.2, -0.15) is 0 Å². The zero-order chi connectivity index (χ0) is 17.5. The molecule has 0 aliphatic carbocycles. The van der Waals surface area contributed by atoms with Crippen molar-refractivity contribution in [2.75, 3.05) is 19.7 Å². The van der Waals surface area contributed by atoms with Crippen molar-refractivity contribution >= 4 is 24.2 Å². The molecule has 2 amide bonds. The Morgan fingerprint density at radius 1 is 1.15 bits per heavy atom. The number of benzene rings is 1. The Bertz CT molecular complexity index is 599. The highest BCUT2D eigenvalue weighted by molar-refractivity contribution is 5.94. The normalized spacial score (nSPS) is 22.3. The third-order valence-corrected chi connectivity index (χ3v) is 4.80. The summed E-state index contributed by atoms with van der Waals surface area (Å²) in [6.07, 6.45) is 5.30. The molecule has 0 radical (unpaired) electrons. The van der Waals surface area contributed by atoms with Crippen LogP contribution < -0.4 is 16.0 Å². The molecule has 0 saturated carbocycles. The Morgan fingerprint density at radius 3 is 2.77 bits per heavy atom. The number of halogens is 1. The minimum atomic E-state index is -0.0994. The van der Waals surface area contributed by atoms with Crippen molar-refractivity contribution in [3.63, 3.8) is 0 Å². The number of carbonyl (C=O) groups is 2. The van der Waals surface area contributed by atoms with Gasteiger partial charge in [0.2, 0.25) is 5.91 Å². The lowest BCUT2D eigenvalue weighted by Gasteiger charge is -2.22. The van der Waals surface area contributed by atoms with Crippen LogP contribution in [-0.4, -0.2) is 43.7 Å². The van der Waals surface area contributed by atoms with Crippen molar-refractivity contribution in [2.24, 2.45) is 0 Å². The molecule has 3 N–H and O–H groups in total. The molecule has 2 fully saturated rings. The van der Waals surface area contributed by atoms with E-state index in [4.69, 9.17) is 4.74 Å². The molecule has 6 nitrogen and oxygen atoms in total. The molecule has 2 atom stereocenters. The maximum absolute atomic E-state index is 12.3. The van der Waals surface area contributed by atoms with Gasteiger partial charge in [0.1, 0.15) is 0 Å². The lowest BCUT2D eigenvalue weighted by Crippen LogP contribution is -2.46. The van der Waals surface area contributed by atoms with Gasteiger partial charge in [-0.1, -0.05) is 18.6 Å². The highest BCUT2D eigenvalue weighted by Gasteiger charge is 2.20. The Kier molecular flexibility index (Phi) is 8.35. The summed E-state index contributed by atoms with van der Waals surface area (Å²) in [4.78, 5) is 24.4. The summed E-state index contributed by atoms with van der Waals surface area (Å²) in [7, 11) is 0. The van der Waals surface area contributed by atoms with Crippen LogP contribution in [0.1, 0.15) is 48.0 Å². The quantitative estimate of drug-likeness (QED) is 0.701. The second-order valence-electron chi connectivity index (χ2n) is 6.77. The fraction of sp³-hybridized carbons (Fsp3) is 0.579. The van der Waals surface area contributed by atoms with Gasteiger partial charge in [0.15, 0.2) is 0 Å². The molecule has 7 heteroatoms. The van der Waals surface area contributed by atoms with Crippen LogP contribution in [0.25, 0.3) is 0 Å². The number of ether oxygens (including phenoxy) is 1. The minimum absolute atomic E-state index is 0. The van der Waals surface area contributed by atoms with Crippen molar-refractivity contribution in [3.8, 4) is 0 Å². The largest absolute Gasteiger partial charge is 0.376 e. The molecule has 1 aromatic carbocycles. The predicted molar refractivity (Wildman–Crippen MR) is 102 cm³/mol. The van der Waals surface area contributed by atoms with Crippen LogP contribution >= 0.6 is 12.4 Å². The summed E-state index contributed by atoms with van der Waals surface area (Å²) in [5.41, 5.74) is 1.54.